The lowest BCUT2D eigenvalue weighted by Crippen LogP contribution is -2.13. The fourth-order valence-corrected chi connectivity index (χ4v) is 3.73. The van der Waals surface area contributed by atoms with Gasteiger partial charge in [-0.3, -0.25) is 4.79 Å². The minimum atomic E-state index is -0.493. The van der Waals surface area contributed by atoms with E-state index < -0.39 is 5.82 Å². The average Bonchev–Trinajstić information content (AvgIpc) is 3.18. The summed E-state index contributed by atoms with van der Waals surface area (Å²) >= 11 is 10.7. The molecule has 128 valence electrons. The summed E-state index contributed by atoms with van der Waals surface area (Å²) < 4.78 is 15.9. The summed E-state index contributed by atoms with van der Waals surface area (Å²) in [6.45, 7) is 0.566. The van der Waals surface area contributed by atoms with Crippen LogP contribution in [0.25, 0.3) is 6.08 Å². The second kappa shape index (κ2) is 7.95. The Kier molecular flexibility index (Phi) is 5.67. The number of nitrogens with zero attached hydrogens (tertiary/aromatic N) is 2. The van der Waals surface area contributed by atoms with Crippen LogP contribution in [0.5, 0.6) is 0 Å². The molecule has 4 nitrogen and oxygen atoms in total. The van der Waals surface area contributed by atoms with Gasteiger partial charge in [0.05, 0.1) is 17.8 Å². The fourth-order valence-electron chi connectivity index (χ4n) is 2.11. The minimum Gasteiger partial charge on any atom is -0.307 e. The number of rotatable bonds is 5. The molecule has 1 amide bonds. The van der Waals surface area contributed by atoms with E-state index in [0.717, 1.165) is 9.35 Å². The van der Waals surface area contributed by atoms with E-state index in [1.165, 1.54) is 18.2 Å². The third kappa shape index (κ3) is 4.78. The van der Waals surface area contributed by atoms with Gasteiger partial charge in [0.25, 0.3) is 0 Å². The summed E-state index contributed by atoms with van der Waals surface area (Å²) in [5, 5.41) is 9.01. The van der Waals surface area contributed by atoms with Crippen LogP contribution >= 0.6 is 38.9 Å². The van der Waals surface area contributed by atoms with Crippen molar-refractivity contribution in [3.8, 4) is 0 Å². The zero-order valence-electron chi connectivity index (χ0n) is 12.7. The van der Waals surface area contributed by atoms with E-state index in [4.69, 9.17) is 11.6 Å². The molecule has 0 spiro atoms. The number of halogens is 3. The van der Waals surface area contributed by atoms with Gasteiger partial charge in [-0.15, -0.1) is 11.3 Å². The lowest BCUT2D eigenvalue weighted by Gasteiger charge is -2.06. The molecule has 25 heavy (non-hydrogen) atoms. The molecule has 3 rings (SSSR count). The number of aromatic nitrogens is 2. The third-order valence-corrected chi connectivity index (χ3v) is 5.24. The smallest absolute Gasteiger partial charge is 0.249 e. The molecule has 0 fully saturated rings. The molecule has 1 N–H and O–H groups in total. The molecule has 1 aromatic carbocycles. The first-order valence-corrected chi connectivity index (χ1v) is 9.25. The van der Waals surface area contributed by atoms with Crippen LogP contribution < -0.4 is 5.32 Å². The van der Waals surface area contributed by atoms with Crippen LogP contribution in [0, 0.1) is 5.82 Å². The highest BCUT2D eigenvalue weighted by molar-refractivity contribution is 9.10. The number of carbonyl (C=O) groups is 1. The van der Waals surface area contributed by atoms with Crippen molar-refractivity contribution in [2.75, 3.05) is 5.32 Å². The van der Waals surface area contributed by atoms with Crippen molar-refractivity contribution >= 4 is 56.7 Å². The van der Waals surface area contributed by atoms with E-state index in [1.807, 2.05) is 11.4 Å². The summed E-state index contributed by atoms with van der Waals surface area (Å²) in [6.07, 6.45) is 4.56. The molecule has 0 bridgehead atoms. The predicted molar refractivity (Wildman–Crippen MR) is 102 cm³/mol. The molecule has 0 radical (unpaired) electrons. The SMILES string of the molecule is O=C(/C=C/c1ccc(F)c(Cl)c1)Nc1ccnn1Cc1cc(Br)cs1. The second-order valence-corrected chi connectivity index (χ2v) is 7.42. The van der Waals surface area contributed by atoms with Crippen molar-refractivity contribution in [1.29, 1.82) is 0 Å². The average molecular weight is 441 g/mol. The van der Waals surface area contributed by atoms with Gasteiger partial charge in [-0.05, 0) is 45.8 Å². The number of benzene rings is 1. The van der Waals surface area contributed by atoms with Crippen LogP contribution in [0.15, 0.2) is 52.5 Å². The van der Waals surface area contributed by atoms with Gasteiger partial charge >= 0.3 is 0 Å². The molecule has 8 heteroatoms. The molecule has 0 aliphatic carbocycles. The number of hydrogen-bond donors (Lipinski definition) is 1. The highest BCUT2D eigenvalue weighted by atomic mass is 79.9. The molecule has 2 heterocycles. The lowest BCUT2D eigenvalue weighted by atomic mass is 10.2. The minimum absolute atomic E-state index is 0.0164. The Balaban J connectivity index is 1.66. The molecule has 0 saturated carbocycles. The number of amides is 1. The van der Waals surface area contributed by atoms with Crippen LogP contribution in [-0.4, -0.2) is 15.7 Å². The van der Waals surface area contributed by atoms with Gasteiger partial charge in [0.2, 0.25) is 5.91 Å². The summed E-state index contributed by atoms with van der Waals surface area (Å²) in [5.74, 6) is -0.210. The van der Waals surface area contributed by atoms with Crippen LogP contribution in [0.3, 0.4) is 0 Å². The summed E-state index contributed by atoms with van der Waals surface area (Å²) in [5.41, 5.74) is 0.637. The first kappa shape index (κ1) is 17.8. The van der Waals surface area contributed by atoms with E-state index in [-0.39, 0.29) is 10.9 Å². The van der Waals surface area contributed by atoms with Gasteiger partial charge in [-0.1, -0.05) is 17.7 Å². The van der Waals surface area contributed by atoms with Crippen LogP contribution in [0.2, 0.25) is 5.02 Å². The van der Waals surface area contributed by atoms with Crippen LogP contribution in [-0.2, 0) is 11.3 Å². The Hall–Kier alpha value is -1.96. The molecular formula is C17H12BrClFN3OS. The Labute approximate surface area is 161 Å². The molecule has 0 unspecified atom stereocenters. The second-order valence-electron chi connectivity index (χ2n) is 5.10. The normalized spacial score (nSPS) is 11.2. The topological polar surface area (TPSA) is 46.9 Å². The zero-order chi connectivity index (χ0) is 17.8. The van der Waals surface area contributed by atoms with Crippen molar-refractivity contribution in [2.24, 2.45) is 0 Å². The zero-order valence-corrected chi connectivity index (χ0v) is 15.9. The molecule has 3 aromatic rings. The van der Waals surface area contributed by atoms with Gasteiger partial charge < -0.3 is 5.32 Å². The van der Waals surface area contributed by atoms with E-state index in [0.29, 0.717) is 17.9 Å². The highest BCUT2D eigenvalue weighted by Gasteiger charge is 2.07. The van der Waals surface area contributed by atoms with E-state index in [9.17, 15) is 9.18 Å². The van der Waals surface area contributed by atoms with Gasteiger partial charge in [0.1, 0.15) is 11.6 Å². The molecule has 0 atom stereocenters. The van der Waals surface area contributed by atoms with Crippen LogP contribution in [0.1, 0.15) is 10.4 Å². The number of anilines is 1. The lowest BCUT2D eigenvalue weighted by molar-refractivity contribution is -0.111. The molecular weight excluding hydrogens is 429 g/mol. The van der Waals surface area contributed by atoms with Crippen LogP contribution in [0.4, 0.5) is 10.2 Å². The van der Waals surface area contributed by atoms with E-state index >= 15 is 0 Å². The third-order valence-electron chi connectivity index (χ3n) is 3.27. The van der Waals surface area contributed by atoms with E-state index in [1.54, 1.807) is 40.4 Å². The maximum Gasteiger partial charge on any atom is 0.249 e. The molecule has 0 saturated heterocycles. The number of thiophene rings is 1. The van der Waals surface area contributed by atoms with E-state index in [2.05, 4.69) is 26.3 Å². The Bertz CT molecular complexity index is 938. The maximum absolute atomic E-state index is 13.1. The van der Waals surface area contributed by atoms with Gasteiger partial charge in [-0.2, -0.15) is 5.10 Å². The summed E-state index contributed by atoms with van der Waals surface area (Å²) in [4.78, 5) is 13.2. The van der Waals surface area contributed by atoms with Gasteiger partial charge in [0, 0.05) is 26.9 Å². The molecule has 0 aliphatic rings. The summed E-state index contributed by atoms with van der Waals surface area (Å²) in [7, 11) is 0. The largest absolute Gasteiger partial charge is 0.307 e. The van der Waals surface area contributed by atoms with Crippen molar-refractivity contribution in [2.45, 2.75) is 6.54 Å². The monoisotopic (exact) mass is 439 g/mol. The quantitative estimate of drug-likeness (QED) is 0.554. The number of hydrogen-bond acceptors (Lipinski definition) is 3. The van der Waals surface area contributed by atoms with Crippen molar-refractivity contribution in [3.05, 3.63) is 73.7 Å². The Morgan fingerprint density at radius 3 is 2.96 bits per heavy atom. The van der Waals surface area contributed by atoms with Gasteiger partial charge in [-0.25, -0.2) is 9.07 Å². The number of carbonyl (C=O) groups excluding carboxylic acids is 1. The molecule has 0 aliphatic heterocycles. The van der Waals surface area contributed by atoms with Crippen molar-refractivity contribution in [1.82, 2.24) is 9.78 Å². The molecule has 2 aromatic heterocycles. The first-order valence-electron chi connectivity index (χ1n) is 7.20. The fraction of sp³-hybridized carbons (Fsp3) is 0.0588. The maximum atomic E-state index is 13.1. The van der Waals surface area contributed by atoms with Crippen molar-refractivity contribution < 1.29 is 9.18 Å². The summed E-state index contributed by atoms with van der Waals surface area (Å²) in [6, 6.07) is 8.00. The highest BCUT2D eigenvalue weighted by Crippen LogP contribution is 2.22. The predicted octanol–water partition coefficient (Wildman–Crippen LogP) is 5.20. The standard InChI is InChI=1S/C17H12BrClFN3OS/c18-12-8-13(25-10-12)9-23-16(5-6-21-23)22-17(24)4-2-11-1-3-15(20)14(19)7-11/h1-8,10H,9H2,(H,22,24)/b4-2+. The first-order chi connectivity index (χ1) is 12.0. The van der Waals surface area contributed by atoms with Crippen molar-refractivity contribution in [3.63, 3.8) is 0 Å². The number of nitrogens with one attached hydrogen (secondary N) is 1. The van der Waals surface area contributed by atoms with Gasteiger partial charge in [0.15, 0.2) is 0 Å². The Morgan fingerprint density at radius 2 is 2.24 bits per heavy atom. The Morgan fingerprint density at radius 1 is 1.40 bits per heavy atom.